The molecule has 0 bridgehead atoms. The molecular formula is C13H17N3O3S. The molecule has 0 radical (unpaired) electrons. The molecule has 1 aromatic heterocycles. The molecule has 0 aliphatic carbocycles. The molecule has 0 saturated carbocycles. The van der Waals surface area contributed by atoms with Gasteiger partial charge >= 0.3 is 5.69 Å². The van der Waals surface area contributed by atoms with Crippen LogP contribution in [-0.4, -0.2) is 28.7 Å². The molecule has 0 atom stereocenters. The predicted octanol–water partition coefficient (Wildman–Crippen LogP) is 3.43. The maximum atomic E-state index is 11.3. The monoisotopic (exact) mass is 295 g/mol. The number of hydrogen-bond donors (Lipinski definition) is 1. The van der Waals surface area contributed by atoms with Crippen molar-refractivity contribution in [3.8, 4) is 0 Å². The zero-order valence-electron chi connectivity index (χ0n) is 11.7. The maximum Gasteiger partial charge on any atom is 0.319 e. The highest BCUT2D eigenvalue weighted by molar-refractivity contribution is 7.16. The number of thiazole rings is 1. The second kappa shape index (κ2) is 5.72. The van der Waals surface area contributed by atoms with Gasteiger partial charge in [0.25, 0.3) is 0 Å². The van der Waals surface area contributed by atoms with E-state index in [4.69, 9.17) is 4.74 Å². The number of aromatic nitrogens is 1. The Labute approximate surface area is 120 Å². The molecule has 0 unspecified atom stereocenters. The predicted molar refractivity (Wildman–Crippen MR) is 80.5 cm³/mol. The number of fused-ring (bicyclic) bond motifs is 1. The molecule has 6 nitrogen and oxygen atoms in total. The van der Waals surface area contributed by atoms with Gasteiger partial charge in [-0.25, -0.2) is 4.98 Å². The Balaban J connectivity index is 2.30. The molecule has 0 saturated heterocycles. The first-order valence-electron chi connectivity index (χ1n) is 6.33. The lowest BCUT2D eigenvalue weighted by Gasteiger charge is -2.25. The SMILES string of the molecule is CCOC(C)(C)CNc1ccc2scnc2c1[N+](=O)[O-]. The van der Waals surface area contributed by atoms with Crippen LogP contribution in [0.4, 0.5) is 11.4 Å². The van der Waals surface area contributed by atoms with Gasteiger partial charge in [0.2, 0.25) is 0 Å². The van der Waals surface area contributed by atoms with Crippen LogP contribution in [0.5, 0.6) is 0 Å². The number of nitro groups is 1. The lowest BCUT2D eigenvalue weighted by atomic mass is 10.1. The molecule has 2 rings (SSSR count). The Morgan fingerprint density at radius 3 is 2.90 bits per heavy atom. The maximum absolute atomic E-state index is 11.3. The summed E-state index contributed by atoms with van der Waals surface area (Å²) in [7, 11) is 0. The van der Waals surface area contributed by atoms with Gasteiger partial charge in [0, 0.05) is 13.2 Å². The number of benzene rings is 1. The molecule has 20 heavy (non-hydrogen) atoms. The fourth-order valence-electron chi connectivity index (χ4n) is 1.99. The molecule has 0 aliphatic heterocycles. The Hall–Kier alpha value is -1.73. The molecule has 2 aromatic rings. The normalized spacial score (nSPS) is 11.8. The second-order valence-corrected chi connectivity index (χ2v) is 5.85. The molecule has 0 aliphatic rings. The summed E-state index contributed by atoms with van der Waals surface area (Å²) in [5, 5.41) is 14.4. The highest BCUT2D eigenvalue weighted by Gasteiger charge is 2.23. The van der Waals surface area contributed by atoms with Gasteiger partial charge in [0.1, 0.15) is 5.69 Å². The molecule has 1 aromatic carbocycles. The first-order valence-corrected chi connectivity index (χ1v) is 7.21. The van der Waals surface area contributed by atoms with Crippen molar-refractivity contribution in [2.45, 2.75) is 26.4 Å². The van der Waals surface area contributed by atoms with Crippen LogP contribution in [-0.2, 0) is 4.74 Å². The van der Waals surface area contributed by atoms with Crippen molar-refractivity contribution in [3.63, 3.8) is 0 Å². The highest BCUT2D eigenvalue weighted by atomic mass is 32.1. The number of ether oxygens (including phenoxy) is 1. The van der Waals surface area contributed by atoms with E-state index < -0.39 is 4.92 Å². The average Bonchev–Trinajstić information content (AvgIpc) is 2.83. The van der Waals surface area contributed by atoms with Crippen molar-refractivity contribution >= 4 is 32.9 Å². The summed E-state index contributed by atoms with van der Waals surface area (Å²) in [4.78, 5) is 15.0. The lowest BCUT2D eigenvalue weighted by molar-refractivity contribution is -0.382. The van der Waals surface area contributed by atoms with Crippen LogP contribution in [0.25, 0.3) is 10.2 Å². The second-order valence-electron chi connectivity index (χ2n) is 4.96. The molecule has 0 fully saturated rings. The van der Waals surface area contributed by atoms with Crippen molar-refractivity contribution in [1.29, 1.82) is 0 Å². The van der Waals surface area contributed by atoms with Crippen LogP contribution in [0.2, 0.25) is 0 Å². The van der Waals surface area contributed by atoms with Gasteiger partial charge in [-0.05, 0) is 32.9 Å². The first-order chi connectivity index (χ1) is 9.44. The van der Waals surface area contributed by atoms with E-state index in [9.17, 15) is 10.1 Å². The number of rotatable bonds is 6. The van der Waals surface area contributed by atoms with E-state index in [-0.39, 0.29) is 11.3 Å². The summed E-state index contributed by atoms with van der Waals surface area (Å²) in [6.45, 7) is 6.89. The van der Waals surface area contributed by atoms with Crippen molar-refractivity contribution in [2.75, 3.05) is 18.5 Å². The van der Waals surface area contributed by atoms with Crippen LogP contribution in [0, 0.1) is 10.1 Å². The van der Waals surface area contributed by atoms with E-state index in [1.807, 2.05) is 26.8 Å². The van der Waals surface area contributed by atoms with E-state index in [0.717, 1.165) is 4.70 Å². The fourth-order valence-corrected chi connectivity index (χ4v) is 2.67. The van der Waals surface area contributed by atoms with Gasteiger partial charge in [0.05, 0.1) is 20.7 Å². The molecule has 1 heterocycles. The number of nitrogens with one attached hydrogen (secondary N) is 1. The Morgan fingerprint density at radius 2 is 2.25 bits per heavy atom. The van der Waals surface area contributed by atoms with E-state index in [1.54, 1.807) is 11.6 Å². The third-order valence-electron chi connectivity index (χ3n) is 2.90. The molecule has 7 heteroatoms. The first kappa shape index (κ1) is 14.7. The topological polar surface area (TPSA) is 77.3 Å². The average molecular weight is 295 g/mol. The van der Waals surface area contributed by atoms with Crippen LogP contribution in [0.15, 0.2) is 17.6 Å². The Morgan fingerprint density at radius 1 is 1.50 bits per heavy atom. The summed E-state index contributed by atoms with van der Waals surface area (Å²) in [5.74, 6) is 0. The van der Waals surface area contributed by atoms with Gasteiger partial charge in [-0.2, -0.15) is 0 Å². The molecule has 0 amide bonds. The van der Waals surface area contributed by atoms with Gasteiger partial charge in [-0.3, -0.25) is 10.1 Å². The molecule has 0 spiro atoms. The summed E-state index contributed by atoms with van der Waals surface area (Å²) >= 11 is 1.39. The standard InChI is InChI=1S/C13H17N3O3S/c1-4-19-13(2,3)7-14-9-5-6-10-11(15-8-20-10)12(9)16(17)18/h5-6,8,14H,4,7H2,1-3H3. The van der Waals surface area contributed by atoms with Crippen LogP contribution >= 0.6 is 11.3 Å². The van der Waals surface area contributed by atoms with Crippen molar-refractivity contribution < 1.29 is 9.66 Å². The van der Waals surface area contributed by atoms with Gasteiger partial charge in [-0.1, -0.05) is 0 Å². The summed E-state index contributed by atoms with van der Waals surface area (Å²) in [6, 6.07) is 3.57. The third-order valence-corrected chi connectivity index (χ3v) is 3.69. The number of hydrogen-bond acceptors (Lipinski definition) is 6. The highest BCUT2D eigenvalue weighted by Crippen LogP contribution is 2.34. The van der Waals surface area contributed by atoms with Gasteiger partial charge in [0.15, 0.2) is 5.52 Å². The van der Waals surface area contributed by atoms with Crippen LogP contribution < -0.4 is 5.32 Å². The zero-order valence-corrected chi connectivity index (χ0v) is 12.5. The summed E-state index contributed by atoms with van der Waals surface area (Å²) in [5.41, 5.74) is 2.15. The Kier molecular flexibility index (Phi) is 4.20. The zero-order chi connectivity index (χ0) is 14.8. The van der Waals surface area contributed by atoms with Crippen molar-refractivity contribution in [2.24, 2.45) is 0 Å². The summed E-state index contributed by atoms with van der Waals surface area (Å²) in [6.07, 6.45) is 0. The minimum Gasteiger partial charge on any atom is -0.377 e. The van der Waals surface area contributed by atoms with Crippen molar-refractivity contribution in [1.82, 2.24) is 4.98 Å². The molecule has 108 valence electrons. The minimum atomic E-state index is -0.391. The minimum absolute atomic E-state index is 0.0241. The fraction of sp³-hybridized carbons (Fsp3) is 0.462. The lowest BCUT2D eigenvalue weighted by Crippen LogP contribution is -2.33. The quantitative estimate of drug-likeness (QED) is 0.652. The van der Waals surface area contributed by atoms with Crippen molar-refractivity contribution in [3.05, 3.63) is 27.8 Å². The number of anilines is 1. The van der Waals surface area contributed by atoms with Crippen LogP contribution in [0.3, 0.4) is 0 Å². The van der Waals surface area contributed by atoms with E-state index in [2.05, 4.69) is 10.3 Å². The van der Waals surface area contributed by atoms with E-state index in [1.165, 1.54) is 11.3 Å². The van der Waals surface area contributed by atoms with E-state index in [0.29, 0.717) is 24.4 Å². The van der Waals surface area contributed by atoms with Crippen LogP contribution in [0.1, 0.15) is 20.8 Å². The molecular weight excluding hydrogens is 278 g/mol. The van der Waals surface area contributed by atoms with Gasteiger partial charge < -0.3 is 10.1 Å². The Bertz CT molecular complexity index is 624. The smallest absolute Gasteiger partial charge is 0.319 e. The number of nitro benzene ring substituents is 1. The van der Waals surface area contributed by atoms with Gasteiger partial charge in [-0.15, -0.1) is 11.3 Å². The number of nitrogens with zero attached hydrogens (tertiary/aromatic N) is 2. The third kappa shape index (κ3) is 3.05. The largest absolute Gasteiger partial charge is 0.377 e. The summed E-state index contributed by atoms with van der Waals surface area (Å²) < 4.78 is 6.39. The van der Waals surface area contributed by atoms with E-state index >= 15 is 0 Å². The molecule has 1 N–H and O–H groups in total.